The van der Waals surface area contributed by atoms with Crippen LogP contribution in [0.5, 0.6) is 0 Å². The Kier molecular flexibility index (Phi) is 4.55. The minimum absolute atomic E-state index is 0.0176. The zero-order valence-electron chi connectivity index (χ0n) is 13.9. The van der Waals surface area contributed by atoms with Crippen molar-refractivity contribution in [3.8, 4) is 0 Å². The molecule has 1 aromatic heterocycles. The molecule has 3 amide bonds. The maximum Gasteiger partial charge on any atom is 0.390 e. The van der Waals surface area contributed by atoms with E-state index in [1.807, 2.05) is 0 Å². The van der Waals surface area contributed by atoms with Crippen molar-refractivity contribution in [2.45, 2.75) is 18.7 Å². The van der Waals surface area contributed by atoms with Crippen molar-refractivity contribution < 1.29 is 28.8 Å². The van der Waals surface area contributed by atoms with Crippen LogP contribution in [-0.4, -0.2) is 87.7 Å². The van der Waals surface area contributed by atoms with Crippen LogP contribution >= 0.6 is 0 Å². The van der Waals surface area contributed by atoms with Crippen molar-refractivity contribution >= 4 is 23.7 Å². The molecule has 0 spiro atoms. The smallest absolute Gasteiger partial charge is 0.390 e. The SMILES string of the molecule is CN1C(=O)C2C(=NC(NCc3ccco3)=[N+]2CC(O)CO)N(C)C1=O. The lowest BCUT2D eigenvalue weighted by molar-refractivity contribution is -0.546. The number of fused-ring (bicyclic) bond motifs is 1. The van der Waals surface area contributed by atoms with Gasteiger partial charge in [0.1, 0.15) is 18.4 Å². The summed E-state index contributed by atoms with van der Waals surface area (Å²) < 4.78 is 6.80. The normalized spacial score (nSPS) is 21.6. The minimum atomic E-state index is -1.06. The van der Waals surface area contributed by atoms with Crippen LogP contribution < -0.4 is 5.32 Å². The van der Waals surface area contributed by atoms with E-state index in [1.54, 1.807) is 23.0 Å². The quantitative estimate of drug-likeness (QED) is 0.550. The fraction of sp³-hybridized carbons (Fsp3) is 0.467. The molecule has 3 heterocycles. The van der Waals surface area contributed by atoms with Gasteiger partial charge in [0.2, 0.25) is 11.9 Å². The number of likely N-dealkylation sites (N-methyl/N-ethyl adjacent to an activating group) is 2. The molecule has 134 valence electrons. The van der Waals surface area contributed by atoms with E-state index in [4.69, 9.17) is 9.52 Å². The molecule has 2 atom stereocenters. The van der Waals surface area contributed by atoms with Crippen molar-refractivity contribution in [2.24, 2.45) is 4.99 Å². The molecule has 10 nitrogen and oxygen atoms in total. The lowest BCUT2D eigenvalue weighted by Crippen LogP contribution is -2.62. The highest BCUT2D eigenvalue weighted by Gasteiger charge is 2.51. The molecule has 25 heavy (non-hydrogen) atoms. The number of furan rings is 1. The molecule has 0 aromatic carbocycles. The van der Waals surface area contributed by atoms with Crippen molar-refractivity contribution in [3.05, 3.63) is 24.2 Å². The second-order valence-corrected chi connectivity index (χ2v) is 5.86. The molecule has 1 saturated heterocycles. The predicted molar refractivity (Wildman–Crippen MR) is 85.9 cm³/mol. The monoisotopic (exact) mass is 350 g/mol. The van der Waals surface area contributed by atoms with Crippen LogP contribution in [0, 0.1) is 0 Å². The van der Waals surface area contributed by atoms with E-state index in [2.05, 4.69) is 10.3 Å². The Morgan fingerprint density at radius 2 is 2.16 bits per heavy atom. The van der Waals surface area contributed by atoms with Crippen LogP contribution in [-0.2, 0) is 11.3 Å². The summed E-state index contributed by atoms with van der Waals surface area (Å²) in [5, 5.41) is 22.0. The van der Waals surface area contributed by atoms with Gasteiger partial charge in [0.15, 0.2) is 0 Å². The first kappa shape index (κ1) is 17.1. The topological polar surface area (TPSA) is 122 Å². The zero-order chi connectivity index (χ0) is 18.1. The highest BCUT2D eigenvalue weighted by molar-refractivity contribution is 6.22. The molecule has 3 N–H and O–H groups in total. The average Bonchev–Trinajstić information content (AvgIpc) is 3.24. The van der Waals surface area contributed by atoms with E-state index in [-0.39, 0.29) is 12.4 Å². The second-order valence-electron chi connectivity index (χ2n) is 5.86. The van der Waals surface area contributed by atoms with E-state index < -0.39 is 30.7 Å². The molecule has 0 bridgehead atoms. The average molecular weight is 350 g/mol. The highest BCUT2D eigenvalue weighted by Crippen LogP contribution is 2.18. The standard InChI is InChI=1S/C15H19N5O5/c1-18-12-11(13(23)19(2)15(18)24)20(7-9(22)8-21)14(17-12)16-6-10-4-3-5-25-10/h3-5,9,11,21-22H,6-8H2,1-2H3/p+1. The molecular weight excluding hydrogens is 330 g/mol. The highest BCUT2D eigenvalue weighted by atomic mass is 16.3. The Hall–Kier alpha value is -2.72. The van der Waals surface area contributed by atoms with E-state index in [9.17, 15) is 14.7 Å². The van der Waals surface area contributed by atoms with Crippen LogP contribution in [0.3, 0.4) is 0 Å². The van der Waals surface area contributed by atoms with Gasteiger partial charge in [-0.1, -0.05) is 4.99 Å². The van der Waals surface area contributed by atoms with Crippen LogP contribution in [0.15, 0.2) is 27.8 Å². The van der Waals surface area contributed by atoms with Gasteiger partial charge in [0.25, 0.3) is 5.91 Å². The number of carbonyl (C=O) groups excluding carboxylic acids is 2. The zero-order valence-corrected chi connectivity index (χ0v) is 13.9. The van der Waals surface area contributed by atoms with Gasteiger partial charge < -0.3 is 14.6 Å². The third-order valence-corrected chi connectivity index (χ3v) is 4.15. The molecule has 10 heteroatoms. The number of amides is 3. The predicted octanol–water partition coefficient (Wildman–Crippen LogP) is -1.60. The maximum atomic E-state index is 12.6. The summed E-state index contributed by atoms with van der Waals surface area (Å²) >= 11 is 0. The summed E-state index contributed by atoms with van der Waals surface area (Å²) in [5.41, 5.74) is 0. The Morgan fingerprint density at radius 3 is 2.80 bits per heavy atom. The number of rotatable bonds is 5. The number of guanidine groups is 1. The van der Waals surface area contributed by atoms with Gasteiger partial charge in [-0.05, 0) is 12.1 Å². The summed E-state index contributed by atoms with van der Waals surface area (Å²) in [6, 6.07) is 2.22. The summed E-state index contributed by atoms with van der Waals surface area (Å²) in [4.78, 5) is 31.4. The van der Waals surface area contributed by atoms with Gasteiger partial charge >= 0.3 is 12.0 Å². The van der Waals surface area contributed by atoms with E-state index >= 15 is 0 Å². The minimum Gasteiger partial charge on any atom is -0.466 e. The number of nitrogens with zero attached hydrogens (tertiary/aromatic N) is 4. The van der Waals surface area contributed by atoms with Crippen LogP contribution in [0.25, 0.3) is 0 Å². The van der Waals surface area contributed by atoms with E-state index in [1.165, 1.54) is 19.0 Å². The number of aliphatic hydroxyl groups is 2. The third kappa shape index (κ3) is 3.01. The molecule has 0 aliphatic carbocycles. The summed E-state index contributed by atoms with van der Waals surface area (Å²) in [6.45, 7) is -0.154. The Balaban J connectivity index is 1.92. The summed E-state index contributed by atoms with van der Waals surface area (Å²) in [5.74, 6) is 0.826. The van der Waals surface area contributed by atoms with E-state index in [0.717, 1.165) is 4.90 Å². The third-order valence-electron chi connectivity index (χ3n) is 4.15. The molecule has 1 fully saturated rings. The Morgan fingerprint density at radius 1 is 1.40 bits per heavy atom. The van der Waals surface area contributed by atoms with Crippen molar-refractivity contribution in [2.75, 3.05) is 27.2 Å². The number of carbonyl (C=O) groups is 2. The van der Waals surface area contributed by atoms with Gasteiger partial charge in [-0.25, -0.2) is 9.37 Å². The number of aliphatic hydroxyl groups excluding tert-OH is 2. The Bertz CT molecular complexity index is 742. The number of hydrogen-bond donors (Lipinski definition) is 3. The molecule has 2 unspecified atom stereocenters. The first-order chi connectivity index (χ1) is 11.9. The molecule has 3 rings (SSSR count). The lowest BCUT2D eigenvalue weighted by Gasteiger charge is -2.32. The fourth-order valence-electron chi connectivity index (χ4n) is 2.80. The molecule has 2 aliphatic rings. The van der Waals surface area contributed by atoms with Gasteiger partial charge in [-0.2, -0.15) is 0 Å². The lowest BCUT2D eigenvalue weighted by atomic mass is 10.1. The number of hydrogen-bond acceptors (Lipinski definition) is 7. The van der Waals surface area contributed by atoms with Gasteiger partial charge in [0.05, 0.1) is 19.4 Å². The molecule has 2 aliphatic heterocycles. The number of imide groups is 1. The number of nitrogens with one attached hydrogen (secondary N) is 1. The second kappa shape index (κ2) is 6.65. The van der Waals surface area contributed by atoms with Gasteiger partial charge in [0, 0.05) is 14.1 Å². The number of urea groups is 1. The molecule has 0 saturated carbocycles. The molecular formula is C15H20N5O5+. The van der Waals surface area contributed by atoms with Crippen LogP contribution in [0.4, 0.5) is 4.79 Å². The fourth-order valence-corrected chi connectivity index (χ4v) is 2.80. The number of aliphatic imine (C=N–C) groups is 1. The molecule has 0 radical (unpaired) electrons. The van der Waals surface area contributed by atoms with E-state index in [0.29, 0.717) is 18.3 Å². The van der Waals surface area contributed by atoms with Gasteiger partial charge in [-0.15, -0.1) is 0 Å². The van der Waals surface area contributed by atoms with Crippen LogP contribution in [0.2, 0.25) is 0 Å². The van der Waals surface area contributed by atoms with Crippen molar-refractivity contribution in [1.82, 2.24) is 15.1 Å². The van der Waals surface area contributed by atoms with Crippen molar-refractivity contribution in [3.63, 3.8) is 0 Å². The maximum absolute atomic E-state index is 12.6. The number of β-amino-alcohol motifs (C(OH)–C–C–N with tert-alkyl or cyclic N) is 1. The molecule has 1 aromatic rings. The first-order valence-electron chi connectivity index (χ1n) is 7.76. The Labute approximate surface area is 143 Å². The van der Waals surface area contributed by atoms with Gasteiger partial charge in [-0.3, -0.25) is 19.9 Å². The summed E-state index contributed by atoms with van der Waals surface area (Å²) in [7, 11) is 2.93. The largest absolute Gasteiger partial charge is 0.466 e. The summed E-state index contributed by atoms with van der Waals surface area (Å²) in [6.07, 6.45) is 0.483. The van der Waals surface area contributed by atoms with Crippen molar-refractivity contribution in [1.29, 1.82) is 0 Å². The first-order valence-corrected chi connectivity index (χ1v) is 7.76. The number of amidine groups is 1. The van der Waals surface area contributed by atoms with Crippen LogP contribution in [0.1, 0.15) is 5.76 Å².